The molecule has 2 heteroatoms. The van der Waals surface area contributed by atoms with E-state index >= 15 is 0 Å². The van der Waals surface area contributed by atoms with E-state index in [-0.39, 0.29) is 16.8 Å². The quantitative estimate of drug-likeness (QED) is 0.512. The lowest BCUT2D eigenvalue weighted by Crippen LogP contribution is -2.45. The highest BCUT2D eigenvalue weighted by molar-refractivity contribution is 5.82. The first-order valence-electron chi connectivity index (χ1n) is 6.07. The lowest BCUT2D eigenvalue weighted by molar-refractivity contribution is -0.148. The molecule has 82 valence electrons. The average Bonchev–Trinajstić information content (AvgIpc) is 2.89. The topological polar surface area (TPSA) is 26.3 Å². The third-order valence-corrected chi connectivity index (χ3v) is 5.33. The Morgan fingerprint density at radius 3 is 2.67 bits per heavy atom. The van der Waals surface area contributed by atoms with E-state index in [1.807, 2.05) is 0 Å². The van der Waals surface area contributed by atoms with Gasteiger partial charge in [0.2, 0.25) is 0 Å². The zero-order valence-electron chi connectivity index (χ0n) is 9.45. The second kappa shape index (κ2) is 2.66. The Hall–Kier alpha value is -0.790. The van der Waals surface area contributed by atoms with Crippen LogP contribution in [0.1, 0.15) is 33.1 Å². The predicted molar refractivity (Wildman–Crippen MR) is 57.1 cm³/mol. The zero-order chi connectivity index (χ0) is 10.7. The molecule has 0 aromatic heterocycles. The number of carbonyl (C=O) groups is 1. The minimum atomic E-state index is -0.179. The van der Waals surface area contributed by atoms with Crippen LogP contribution in [0.3, 0.4) is 0 Å². The summed E-state index contributed by atoms with van der Waals surface area (Å²) >= 11 is 0. The van der Waals surface area contributed by atoms with Crippen molar-refractivity contribution in [3.05, 3.63) is 12.2 Å². The van der Waals surface area contributed by atoms with Crippen LogP contribution in [0.4, 0.5) is 0 Å². The van der Waals surface area contributed by atoms with Crippen LogP contribution in [0.2, 0.25) is 0 Å². The summed E-state index contributed by atoms with van der Waals surface area (Å²) in [5.41, 5.74) is -0.0561. The van der Waals surface area contributed by atoms with Gasteiger partial charge >= 0.3 is 5.97 Å². The maximum absolute atomic E-state index is 12.1. The normalized spacial score (nSPS) is 50.9. The lowest BCUT2D eigenvalue weighted by atomic mass is 9.57. The van der Waals surface area contributed by atoms with E-state index in [9.17, 15) is 4.79 Å². The van der Waals surface area contributed by atoms with E-state index < -0.39 is 0 Å². The molecule has 3 rings (SSSR count). The van der Waals surface area contributed by atoms with E-state index in [0.717, 1.165) is 12.8 Å². The molecule has 0 spiro atoms. The molecule has 1 heterocycles. The average molecular weight is 206 g/mol. The number of rotatable bonds is 2. The van der Waals surface area contributed by atoms with Crippen molar-refractivity contribution in [2.75, 3.05) is 6.61 Å². The van der Waals surface area contributed by atoms with Gasteiger partial charge in [-0.1, -0.05) is 26.0 Å². The summed E-state index contributed by atoms with van der Waals surface area (Å²) in [6.45, 7) is 5.01. The molecule has 4 atom stereocenters. The number of cyclic esters (lactones) is 1. The monoisotopic (exact) mass is 206 g/mol. The van der Waals surface area contributed by atoms with Gasteiger partial charge < -0.3 is 4.74 Å². The molecule has 2 bridgehead atoms. The van der Waals surface area contributed by atoms with Crippen molar-refractivity contribution < 1.29 is 9.53 Å². The van der Waals surface area contributed by atoms with Crippen LogP contribution in [-0.4, -0.2) is 12.6 Å². The number of allylic oxidation sites excluding steroid dienone is 2. The van der Waals surface area contributed by atoms with Gasteiger partial charge in [-0.2, -0.15) is 0 Å². The Morgan fingerprint density at radius 2 is 2.07 bits per heavy atom. The second-order valence-corrected chi connectivity index (χ2v) is 5.24. The van der Waals surface area contributed by atoms with Crippen LogP contribution in [-0.2, 0) is 9.53 Å². The van der Waals surface area contributed by atoms with Gasteiger partial charge in [0, 0.05) is 5.41 Å². The van der Waals surface area contributed by atoms with E-state index in [2.05, 4.69) is 26.0 Å². The highest BCUT2D eigenvalue weighted by Gasteiger charge is 2.71. The van der Waals surface area contributed by atoms with Gasteiger partial charge in [0.15, 0.2) is 0 Å². The molecule has 2 aliphatic carbocycles. The summed E-state index contributed by atoms with van der Waals surface area (Å²) in [6.07, 6.45) is 7.76. The molecular weight excluding hydrogens is 188 g/mol. The van der Waals surface area contributed by atoms with Crippen molar-refractivity contribution >= 4 is 5.97 Å². The van der Waals surface area contributed by atoms with Crippen molar-refractivity contribution in [3.63, 3.8) is 0 Å². The molecule has 0 radical (unpaired) electrons. The molecule has 0 aromatic rings. The molecule has 15 heavy (non-hydrogen) atoms. The Kier molecular flexibility index (Phi) is 1.67. The summed E-state index contributed by atoms with van der Waals surface area (Å²) in [4.78, 5) is 12.1. The third-order valence-electron chi connectivity index (χ3n) is 5.33. The molecule has 1 saturated carbocycles. The Labute approximate surface area is 90.7 Å². The van der Waals surface area contributed by atoms with Gasteiger partial charge in [-0.15, -0.1) is 0 Å². The first-order chi connectivity index (χ1) is 7.21. The van der Waals surface area contributed by atoms with Gasteiger partial charge in [0.1, 0.15) is 0 Å². The number of hydrogen-bond acceptors (Lipinski definition) is 2. The highest BCUT2D eigenvalue weighted by atomic mass is 16.5. The van der Waals surface area contributed by atoms with Gasteiger partial charge in [-0.3, -0.25) is 4.79 Å². The minimum absolute atomic E-state index is 0.0729. The van der Waals surface area contributed by atoms with Crippen LogP contribution in [0.5, 0.6) is 0 Å². The van der Waals surface area contributed by atoms with Crippen LogP contribution < -0.4 is 0 Å². The predicted octanol–water partition coefficient (Wildman–Crippen LogP) is 2.54. The van der Waals surface area contributed by atoms with Gasteiger partial charge in [0.25, 0.3) is 0 Å². The standard InChI is InChI=1S/C13H18O2/c1-3-12-8-15-11(14)13(12,4-2)10-6-5-9(12)7-10/h5-6,9-10H,3-4,7-8H2,1-2H3. The zero-order valence-corrected chi connectivity index (χ0v) is 9.45. The van der Waals surface area contributed by atoms with Crippen molar-refractivity contribution in [1.29, 1.82) is 0 Å². The van der Waals surface area contributed by atoms with Gasteiger partial charge in [-0.25, -0.2) is 0 Å². The molecule has 3 aliphatic rings. The molecule has 2 fully saturated rings. The molecule has 1 saturated heterocycles. The molecule has 0 N–H and O–H groups in total. The molecule has 0 aromatic carbocycles. The molecule has 0 amide bonds. The summed E-state index contributed by atoms with van der Waals surface area (Å²) < 4.78 is 5.41. The number of carbonyl (C=O) groups excluding carboxylic acids is 1. The Morgan fingerprint density at radius 1 is 1.33 bits per heavy atom. The summed E-state index contributed by atoms with van der Waals surface area (Å²) in [5, 5.41) is 0. The largest absolute Gasteiger partial charge is 0.465 e. The van der Waals surface area contributed by atoms with Crippen molar-refractivity contribution in [3.8, 4) is 0 Å². The van der Waals surface area contributed by atoms with Crippen LogP contribution in [0.15, 0.2) is 12.2 Å². The van der Waals surface area contributed by atoms with E-state index in [0.29, 0.717) is 18.4 Å². The van der Waals surface area contributed by atoms with Crippen LogP contribution in [0.25, 0.3) is 0 Å². The lowest BCUT2D eigenvalue weighted by Gasteiger charge is -2.41. The van der Waals surface area contributed by atoms with E-state index in [4.69, 9.17) is 4.74 Å². The van der Waals surface area contributed by atoms with E-state index in [1.165, 1.54) is 6.42 Å². The van der Waals surface area contributed by atoms with Crippen molar-refractivity contribution in [1.82, 2.24) is 0 Å². The number of fused-ring (bicyclic) bond motifs is 5. The molecule has 4 unspecified atom stereocenters. The fraction of sp³-hybridized carbons (Fsp3) is 0.769. The Balaban J connectivity index is 2.18. The fourth-order valence-corrected chi connectivity index (χ4v) is 4.53. The second-order valence-electron chi connectivity index (χ2n) is 5.24. The van der Waals surface area contributed by atoms with Crippen molar-refractivity contribution in [2.24, 2.45) is 22.7 Å². The smallest absolute Gasteiger partial charge is 0.313 e. The number of ether oxygens (including phenoxy) is 1. The maximum Gasteiger partial charge on any atom is 0.313 e. The Bertz CT molecular complexity index is 346. The fourth-order valence-electron chi connectivity index (χ4n) is 4.53. The molecule has 2 nitrogen and oxygen atoms in total. The summed E-state index contributed by atoms with van der Waals surface area (Å²) in [7, 11) is 0. The maximum atomic E-state index is 12.1. The SMILES string of the molecule is CCC12COC(=O)C1(CC)C1C=CC2C1. The van der Waals surface area contributed by atoms with Gasteiger partial charge in [0.05, 0.1) is 12.0 Å². The van der Waals surface area contributed by atoms with Gasteiger partial charge in [-0.05, 0) is 31.1 Å². The molecule has 1 aliphatic heterocycles. The first-order valence-corrected chi connectivity index (χ1v) is 6.07. The number of hydrogen-bond donors (Lipinski definition) is 0. The van der Waals surface area contributed by atoms with Crippen LogP contribution >= 0.6 is 0 Å². The number of esters is 1. The minimum Gasteiger partial charge on any atom is -0.465 e. The van der Waals surface area contributed by atoms with Crippen LogP contribution in [0, 0.1) is 22.7 Å². The summed E-state index contributed by atoms with van der Waals surface area (Å²) in [5.74, 6) is 1.10. The van der Waals surface area contributed by atoms with E-state index in [1.54, 1.807) is 0 Å². The third kappa shape index (κ3) is 0.745. The molecular formula is C13H18O2. The van der Waals surface area contributed by atoms with Crippen molar-refractivity contribution in [2.45, 2.75) is 33.1 Å². The highest BCUT2D eigenvalue weighted by Crippen LogP contribution is 2.69. The first kappa shape index (κ1) is 9.44. The summed E-state index contributed by atoms with van der Waals surface area (Å²) in [6, 6.07) is 0.